The van der Waals surface area contributed by atoms with Gasteiger partial charge in [-0.2, -0.15) is 13.2 Å². The molecule has 2 rings (SSSR count). The van der Waals surface area contributed by atoms with Crippen molar-refractivity contribution < 1.29 is 31.1 Å². The van der Waals surface area contributed by atoms with Crippen molar-refractivity contribution in [2.75, 3.05) is 0 Å². The molecule has 23 heavy (non-hydrogen) atoms. The second-order valence-electron chi connectivity index (χ2n) is 4.65. The summed E-state index contributed by atoms with van der Waals surface area (Å²) >= 11 is 6.03. The van der Waals surface area contributed by atoms with Crippen molar-refractivity contribution in [3.8, 4) is 5.75 Å². The molecule has 1 atom stereocenters. The predicted octanol–water partition coefficient (Wildman–Crippen LogP) is 2.06. The summed E-state index contributed by atoms with van der Waals surface area (Å²) in [5.74, 6) is -3.62. The Bertz CT molecular complexity index is 822. The van der Waals surface area contributed by atoms with E-state index in [9.17, 15) is 31.1 Å². The molecular weight excluding hydrogens is 366 g/mol. The van der Waals surface area contributed by atoms with E-state index in [1.54, 1.807) is 0 Å². The van der Waals surface area contributed by atoms with Gasteiger partial charge in [-0.1, -0.05) is 0 Å². The Labute approximate surface area is 132 Å². The smallest absolute Gasteiger partial charge is 0.451 e. The van der Waals surface area contributed by atoms with Crippen molar-refractivity contribution in [3.05, 3.63) is 40.6 Å². The maximum Gasteiger partial charge on any atom is 0.451 e. The third kappa shape index (κ3) is 3.62. The van der Waals surface area contributed by atoms with Crippen molar-refractivity contribution in [2.24, 2.45) is 5.14 Å². The number of aromatic hydroxyl groups is 1. The van der Waals surface area contributed by atoms with Gasteiger partial charge in [0.15, 0.2) is 5.75 Å². The number of allylic oxidation sites excluding steroid dienone is 4. The van der Waals surface area contributed by atoms with Crippen molar-refractivity contribution in [1.82, 2.24) is 9.97 Å². The fourth-order valence-electron chi connectivity index (χ4n) is 1.92. The first-order valence-corrected chi connectivity index (χ1v) is 7.70. The van der Waals surface area contributed by atoms with Gasteiger partial charge in [0.25, 0.3) is 0 Å². The SMILES string of the molecule is NS(=O)(=O)C1=CC(F)=CC(Cl)(c2nc(C(F)(F)F)ncc2O)C1. The van der Waals surface area contributed by atoms with Crippen LogP contribution in [0.5, 0.6) is 5.75 Å². The molecule has 0 aromatic carbocycles. The van der Waals surface area contributed by atoms with E-state index < -0.39 is 55.5 Å². The molecule has 12 heteroatoms. The number of rotatable bonds is 2. The summed E-state index contributed by atoms with van der Waals surface area (Å²) in [6.45, 7) is 0. The normalized spacial score (nSPS) is 22.5. The van der Waals surface area contributed by atoms with Gasteiger partial charge in [0, 0.05) is 6.42 Å². The molecule has 0 fully saturated rings. The van der Waals surface area contributed by atoms with E-state index in [1.165, 1.54) is 0 Å². The second kappa shape index (κ2) is 5.42. The van der Waals surface area contributed by atoms with E-state index in [-0.39, 0.29) is 0 Å². The Morgan fingerprint density at radius 3 is 2.52 bits per heavy atom. The first kappa shape index (κ1) is 17.6. The van der Waals surface area contributed by atoms with E-state index in [2.05, 4.69) is 9.97 Å². The molecule has 0 amide bonds. The van der Waals surface area contributed by atoms with Gasteiger partial charge in [-0.05, 0) is 12.2 Å². The molecule has 1 aromatic rings. The summed E-state index contributed by atoms with van der Waals surface area (Å²) in [5, 5.41) is 14.5. The van der Waals surface area contributed by atoms with Crippen LogP contribution in [0.2, 0.25) is 0 Å². The molecular formula is C11H8ClF4N3O3S. The molecule has 0 bridgehead atoms. The monoisotopic (exact) mass is 373 g/mol. The maximum absolute atomic E-state index is 13.6. The summed E-state index contributed by atoms with van der Waals surface area (Å²) < 4.78 is 74.3. The zero-order valence-corrected chi connectivity index (χ0v) is 12.5. The van der Waals surface area contributed by atoms with Crippen molar-refractivity contribution in [1.29, 1.82) is 0 Å². The number of primary sulfonamides is 1. The van der Waals surface area contributed by atoms with Gasteiger partial charge in [-0.15, -0.1) is 11.6 Å². The van der Waals surface area contributed by atoms with Crippen molar-refractivity contribution in [2.45, 2.75) is 17.5 Å². The average Bonchev–Trinajstić information content (AvgIpc) is 2.35. The van der Waals surface area contributed by atoms with Gasteiger partial charge in [-0.25, -0.2) is 27.9 Å². The average molecular weight is 374 g/mol. The van der Waals surface area contributed by atoms with Crippen LogP contribution in [0.3, 0.4) is 0 Å². The van der Waals surface area contributed by atoms with Crippen molar-refractivity contribution in [3.63, 3.8) is 0 Å². The fourth-order valence-corrected chi connectivity index (χ4v) is 3.09. The van der Waals surface area contributed by atoms with E-state index in [0.717, 1.165) is 0 Å². The molecule has 0 aliphatic heterocycles. The van der Waals surface area contributed by atoms with Crippen LogP contribution < -0.4 is 5.14 Å². The molecule has 1 aromatic heterocycles. The fraction of sp³-hybridized carbons (Fsp3) is 0.273. The highest BCUT2D eigenvalue weighted by molar-refractivity contribution is 7.93. The van der Waals surface area contributed by atoms with Gasteiger partial charge in [-0.3, -0.25) is 0 Å². The molecule has 0 radical (unpaired) electrons. The Kier molecular flexibility index (Phi) is 4.16. The molecule has 1 unspecified atom stereocenters. The van der Waals surface area contributed by atoms with Crippen LogP contribution in [0.4, 0.5) is 17.6 Å². The summed E-state index contributed by atoms with van der Waals surface area (Å²) in [6, 6.07) is 0. The van der Waals surface area contributed by atoms with Gasteiger partial charge >= 0.3 is 6.18 Å². The second-order valence-corrected chi connectivity index (χ2v) is 6.94. The number of hydrogen-bond donors (Lipinski definition) is 2. The molecule has 0 saturated carbocycles. The maximum atomic E-state index is 13.6. The zero-order chi connectivity index (χ0) is 17.6. The number of hydrogen-bond acceptors (Lipinski definition) is 5. The molecule has 1 heterocycles. The standard InChI is InChI=1S/C11H8ClF4N3O3S/c12-10(2-5(13)1-6(3-10)23(17,21)22)8-7(20)4-18-9(19-8)11(14,15)16/h1-2,4,20H,3H2,(H2,17,21,22). The highest BCUT2D eigenvalue weighted by atomic mass is 35.5. The summed E-state index contributed by atoms with van der Waals surface area (Å²) in [6.07, 6.45) is -3.98. The Balaban J connectivity index is 2.60. The van der Waals surface area contributed by atoms with Crippen LogP contribution >= 0.6 is 11.6 Å². The largest absolute Gasteiger partial charge is 0.504 e. The van der Waals surface area contributed by atoms with Crippen LogP contribution in [-0.2, 0) is 21.1 Å². The minimum absolute atomic E-state index is 0.440. The molecule has 126 valence electrons. The van der Waals surface area contributed by atoms with Gasteiger partial charge < -0.3 is 5.11 Å². The van der Waals surface area contributed by atoms with E-state index in [1.807, 2.05) is 0 Å². The summed E-state index contributed by atoms with van der Waals surface area (Å²) in [7, 11) is -4.34. The molecule has 1 aliphatic rings. The molecule has 0 spiro atoms. The molecule has 1 aliphatic carbocycles. The summed E-state index contributed by atoms with van der Waals surface area (Å²) in [5.41, 5.74) is -0.786. The predicted molar refractivity (Wildman–Crippen MR) is 71.2 cm³/mol. The number of halogens is 5. The number of nitrogens with zero attached hydrogens (tertiary/aromatic N) is 2. The van der Waals surface area contributed by atoms with Crippen LogP contribution in [0.1, 0.15) is 17.9 Å². The number of aromatic nitrogens is 2. The van der Waals surface area contributed by atoms with Crippen LogP contribution in [0, 0.1) is 0 Å². The molecule has 3 N–H and O–H groups in total. The highest BCUT2D eigenvalue weighted by Gasteiger charge is 2.42. The lowest BCUT2D eigenvalue weighted by atomic mass is 9.94. The van der Waals surface area contributed by atoms with E-state index in [4.69, 9.17) is 16.7 Å². The van der Waals surface area contributed by atoms with Gasteiger partial charge in [0.1, 0.15) is 16.4 Å². The lowest BCUT2D eigenvalue weighted by Gasteiger charge is -2.27. The molecule has 0 saturated heterocycles. The van der Waals surface area contributed by atoms with E-state index >= 15 is 0 Å². The van der Waals surface area contributed by atoms with Gasteiger partial charge in [0.2, 0.25) is 15.8 Å². The van der Waals surface area contributed by atoms with E-state index in [0.29, 0.717) is 18.3 Å². The third-order valence-corrected chi connectivity index (χ3v) is 4.29. The quantitative estimate of drug-likeness (QED) is 0.609. The number of nitrogens with two attached hydrogens (primary N) is 1. The lowest BCUT2D eigenvalue weighted by molar-refractivity contribution is -0.145. The lowest BCUT2D eigenvalue weighted by Crippen LogP contribution is -2.28. The Hall–Kier alpha value is -1.72. The highest BCUT2D eigenvalue weighted by Crippen LogP contribution is 2.45. The third-order valence-electron chi connectivity index (χ3n) is 2.88. The minimum Gasteiger partial charge on any atom is -0.504 e. The minimum atomic E-state index is -4.94. The van der Waals surface area contributed by atoms with Crippen LogP contribution in [-0.4, -0.2) is 23.5 Å². The first-order chi connectivity index (χ1) is 10.3. The van der Waals surface area contributed by atoms with Crippen LogP contribution in [0.15, 0.2) is 29.1 Å². The Morgan fingerprint density at radius 1 is 1.39 bits per heavy atom. The molecule has 6 nitrogen and oxygen atoms in total. The topological polar surface area (TPSA) is 106 Å². The first-order valence-electron chi connectivity index (χ1n) is 5.77. The number of alkyl halides is 4. The van der Waals surface area contributed by atoms with Crippen LogP contribution in [0.25, 0.3) is 0 Å². The zero-order valence-electron chi connectivity index (χ0n) is 11.0. The summed E-state index contributed by atoms with van der Waals surface area (Å²) in [4.78, 5) is 3.18. The van der Waals surface area contributed by atoms with Gasteiger partial charge in [0.05, 0.1) is 11.1 Å². The number of sulfonamides is 1. The van der Waals surface area contributed by atoms with Crippen molar-refractivity contribution >= 4 is 21.6 Å². The Morgan fingerprint density at radius 2 is 2.00 bits per heavy atom.